The lowest BCUT2D eigenvalue weighted by molar-refractivity contribution is -0.114. The van der Waals surface area contributed by atoms with Gasteiger partial charge >= 0.3 is 0 Å². The van der Waals surface area contributed by atoms with Gasteiger partial charge in [-0.2, -0.15) is 0 Å². The minimum atomic E-state index is 0.555. The highest BCUT2D eigenvalue weighted by molar-refractivity contribution is 4.95. The van der Waals surface area contributed by atoms with Gasteiger partial charge in [-0.1, -0.05) is 6.92 Å². The number of hydrogen-bond acceptors (Lipinski definition) is 3. The monoisotopic (exact) mass is 196 g/mol. The summed E-state index contributed by atoms with van der Waals surface area (Å²) in [4.78, 5) is 0. The van der Waals surface area contributed by atoms with E-state index in [4.69, 9.17) is 4.74 Å². The zero-order valence-electron chi connectivity index (χ0n) is 8.91. The average molecular weight is 196 g/mol. The van der Waals surface area contributed by atoms with Crippen LogP contribution in [-0.4, -0.2) is 36.9 Å². The van der Waals surface area contributed by atoms with Gasteiger partial charge in [0.2, 0.25) is 0 Å². The molecule has 3 aliphatic heterocycles. The number of piperidine rings is 1. The molecule has 3 nitrogen and oxygen atoms in total. The summed E-state index contributed by atoms with van der Waals surface area (Å²) in [5, 5.41) is 2.46. The third-order valence-corrected chi connectivity index (χ3v) is 4.25. The minimum absolute atomic E-state index is 0.555. The van der Waals surface area contributed by atoms with Gasteiger partial charge in [0.05, 0.1) is 6.10 Å². The zero-order chi connectivity index (χ0) is 9.54. The third-order valence-electron chi connectivity index (χ3n) is 4.25. The molecule has 0 spiro atoms. The lowest BCUT2D eigenvalue weighted by atomic mass is 9.75. The summed E-state index contributed by atoms with van der Waals surface area (Å²) in [6.45, 7) is 5.74. The van der Waals surface area contributed by atoms with Crippen LogP contribution in [0, 0.1) is 11.8 Å². The number of rotatable bonds is 0. The van der Waals surface area contributed by atoms with E-state index in [0.717, 1.165) is 24.5 Å². The van der Waals surface area contributed by atoms with E-state index in [1.165, 1.54) is 32.4 Å². The van der Waals surface area contributed by atoms with Gasteiger partial charge in [-0.15, -0.1) is 0 Å². The molecule has 3 aliphatic rings. The van der Waals surface area contributed by atoms with Gasteiger partial charge < -0.3 is 4.74 Å². The zero-order valence-corrected chi connectivity index (χ0v) is 8.91. The molecule has 0 radical (unpaired) electrons. The number of fused-ring (bicyclic) bond motifs is 3. The van der Waals surface area contributed by atoms with Crippen molar-refractivity contribution in [3.63, 3.8) is 0 Å². The van der Waals surface area contributed by atoms with Crippen LogP contribution in [0.3, 0.4) is 0 Å². The Labute approximate surface area is 85.8 Å². The number of ether oxygens (including phenoxy) is 1. The van der Waals surface area contributed by atoms with E-state index in [9.17, 15) is 0 Å². The van der Waals surface area contributed by atoms with Gasteiger partial charge in [-0.05, 0) is 25.2 Å². The number of hydrazine groups is 1. The van der Waals surface area contributed by atoms with Gasteiger partial charge in [0.1, 0.15) is 0 Å². The van der Waals surface area contributed by atoms with Crippen LogP contribution in [0.2, 0.25) is 0 Å². The first kappa shape index (κ1) is 9.13. The molecule has 4 atom stereocenters. The SMILES string of the molecule is C[C@H]1CCOC2CCN3NCCC3C21. The smallest absolute Gasteiger partial charge is 0.0634 e. The maximum absolute atomic E-state index is 5.91. The Morgan fingerprint density at radius 3 is 3.14 bits per heavy atom. The van der Waals surface area contributed by atoms with E-state index >= 15 is 0 Å². The van der Waals surface area contributed by atoms with Crippen LogP contribution in [0.25, 0.3) is 0 Å². The van der Waals surface area contributed by atoms with E-state index in [1.807, 2.05) is 0 Å². The molecule has 0 amide bonds. The molecule has 0 aromatic carbocycles. The molecule has 1 N–H and O–H groups in total. The fraction of sp³-hybridized carbons (Fsp3) is 1.00. The third kappa shape index (κ3) is 1.30. The highest BCUT2D eigenvalue weighted by atomic mass is 16.5. The van der Waals surface area contributed by atoms with Crippen LogP contribution in [0.15, 0.2) is 0 Å². The number of nitrogens with one attached hydrogen (secondary N) is 1. The molecular formula is C11H20N2O. The molecular weight excluding hydrogens is 176 g/mol. The molecule has 0 bridgehead atoms. The molecule has 14 heavy (non-hydrogen) atoms. The normalized spacial score (nSPS) is 48.6. The Kier molecular flexibility index (Phi) is 2.26. The first-order chi connectivity index (χ1) is 6.86. The standard InChI is InChI=1S/C11H20N2O/c1-8-4-7-14-10-3-6-13-9(11(8)10)2-5-12-13/h8-12H,2-7H2,1H3/t8-,9?,10?,11?/m0/s1. The molecule has 0 aromatic heterocycles. The first-order valence-corrected chi connectivity index (χ1v) is 5.98. The summed E-state index contributed by atoms with van der Waals surface area (Å²) in [5.41, 5.74) is 3.49. The maximum atomic E-state index is 5.91. The molecule has 3 unspecified atom stereocenters. The molecule has 0 aliphatic carbocycles. The topological polar surface area (TPSA) is 24.5 Å². The Hall–Kier alpha value is -0.120. The lowest BCUT2D eigenvalue weighted by Gasteiger charge is -2.47. The van der Waals surface area contributed by atoms with Crippen molar-refractivity contribution in [2.75, 3.05) is 19.7 Å². The summed E-state index contributed by atoms with van der Waals surface area (Å²) < 4.78 is 5.91. The fourth-order valence-electron chi connectivity index (χ4n) is 3.52. The van der Waals surface area contributed by atoms with Crippen molar-refractivity contribution in [3.8, 4) is 0 Å². The van der Waals surface area contributed by atoms with Crippen LogP contribution in [0.4, 0.5) is 0 Å². The summed E-state index contributed by atoms with van der Waals surface area (Å²) in [6.07, 6.45) is 4.35. The molecule has 3 fully saturated rings. The van der Waals surface area contributed by atoms with Gasteiger partial charge in [0.25, 0.3) is 0 Å². The highest BCUT2D eigenvalue weighted by Crippen LogP contribution is 2.38. The van der Waals surface area contributed by atoms with Crippen molar-refractivity contribution in [3.05, 3.63) is 0 Å². The van der Waals surface area contributed by atoms with Crippen LogP contribution < -0.4 is 5.43 Å². The van der Waals surface area contributed by atoms with Crippen LogP contribution in [0.1, 0.15) is 26.2 Å². The first-order valence-electron chi connectivity index (χ1n) is 5.98. The van der Waals surface area contributed by atoms with Gasteiger partial charge in [-0.25, -0.2) is 5.01 Å². The summed E-state index contributed by atoms with van der Waals surface area (Å²) >= 11 is 0. The highest BCUT2D eigenvalue weighted by Gasteiger charge is 2.44. The number of nitrogens with zero attached hydrogens (tertiary/aromatic N) is 1. The van der Waals surface area contributed by atoms with Crippen LogP contribution in [-0.2, 0) is 4.74 Å². The molecule has 0 aromatic rings. The van der Waals surface area contributed by atoms with E-state index in [2.05, 4.69) is 17.4 Å². The molecule has 3 heteroatoms. The Bertz CT molecular complexity index is 221. The molecule has 80 valence electrons. The van der Waals surface area contributed by atoms with Crippen molar-refractivity contribution >= 4 is 0 Å². The second-order valence-corrected chi connectivity index (χ2v) is 5.00. The predicted molar refractivity (Wildman–Crippen MR) is 54.7 cm³/mol. The Balaban J connectivity index is 1.81. The molecule has 3 heterocycles. The number of hydrogen-bond donors (Lipinski definition) is 1. The second-order valence-electron chi connectivity index (χ2n) is 5.00. The maximum Gasteiger partial charge on any atom is 0.0634 e. The van der Waals surface area contributed by atoms with Gasteiger partial charge in [0.15, 0.2) is 0 Å². The van der Waals surface area contributed by atoms with Crippen molar-refractivity contribution < 1.29 is 4.74 Å². The fourth-order valence-corrected chi connectivity index (χ4v) is 3.52. The van der Waals surface area contributed by atoms with E-state index in [0.29, 0.717) is 6.10 Å². The second kappa shape index (κ2) is 3.47. The summed E-state index contributed by atoms with van der Waals surface area (Å²) in [7, 11) is 0. The van der Waals surface area contributed by atoms with Crippen molar-refractivity contribution in [1.29, 1.82) is 0 Å². The molecule has 3 rings (SSSR count). The van der Waals surface area contributed by atoms with E-state index in [-0.39, 0.29) is 0 Å². The Morgan fingerprint density at radius 2 is 2.21 bits per heavy atom. The lowest BCUT2D eigenvalue weighted by Crippen LogP contribution is -2.55. The van der Waals surface area contributed by atoms with Gasteiger partial charge in [0, 0.05) is 31.7 Å². The van der Waals surface area contributed by atoms with E-state index < -0.39 is 0 Å². The summed E-state index contributed by atoms with van der Waals surface area (Å²) in [5.74, 6) is 1.63. The largest absolute Gasteiger partial charge is 0.378 e. The van der Waals surface area contributed by atoms with Crippen molar-refractivity contribution in [2.24, 2.45) is 11.8 Å². The molecule has 3 saturated heterocycles. The minimum Gasteiger partial charge on any atom is -0.378 e. The summed E-state index contributed by atoms with van der Waals surface area (Å²) in [6, 6.07) is 0.754. The van der Waals surface area contributed by atoms with Crippen LogP contribution >= 0.6 is 0 Å². The Morgan fingerprint density at radius 1 is 1.29 bits per heavy atom. The predicted octanol–water partition coefficient (Wildman–Crippen LogP) is 1.01. The molecule has 0 saturated carbocycles. The quantitative estimate of drug-likeness (QED) is 0.626. The van der Waals surface area contributed by atoms with Gasteiger partial charge in [-0.3, -0.25) is 5.43 Å². The van der Waals surface area contributed by atoms with Crippen LogP contribution in [0.5, 0.6) is 0 Å². The average Bonchev–Trinajstić information content (AvgIpc) is 2.65. The van der Waals surface area contributed by atoms with Crippen molar-refractivity contribution in [1.82, 2.24) is 10.4 Å². The van der Waals surface area contributed by atoms with Crippen molar-refractivity contribution in [2.45, 2.75) is 38.3 Å². The van der Waals surface area contributed by atoms with E-state index in [1.54, 1.807) is 0 Å².